The summed E-state index contributed by atoms with van der Waals surface area (Å²) in [4.78, 5) is 22.0. The second-order valence-corrected chi connectivity index (χ2v) is 8.56. The minimum absolute atomic E-state index is 0.134. The van der Waals surface area contributed by atoms with E-state index >= 15 is 0 Å². The van der Waals surface area contributed by atoms with E-state index in [0.29, 0.717) is 5.13 Å². The van der Waals surface area contributed by atoms with Crippen molar-refractivity contribution in [3.63, 3.8) is 0 Å². The number of rotatable bonds is 4. The third kappa shape index (κ3) is 3.51. The van der Waals surface area contributed by atoms with Crippen LogP contribution in [0.4, 0.5) is 9.52 Å². The Bertz CT molecular complexity index is 1070. The highest BCUT2D eigenvalue weighted by Crippen LogP contribution is 2.35. The van der Waals surface area contributed by atoms with Crippen LogP contribution in [-0.4, -0.2) is 21.6 Å². The third-order valence-electron chi connectivity index (χ3n) is 3.45. The van der Waals surface area contributed by atoms with Gasteiger partial charge in [0.2, 0.25) is 5.91 Å². The third-order valence-corrected chi connectivity index (χ3v) is 6.60. The van der Waals surface area contributed by atoms with E-state index < -0.39 is 0 Å². The molecular weight excluding hydrogens is 377 g/mol. The molecule has 8 heteroatoms. The van der Waals surface area contributed by atoms with Gasteiger partial charge in [-0.2, -0.15) is 0 Å². The van der Waals surface area contributed by atoms with Gasteiger partial charge in [0.1, 0.15) is 5.82 Å². The van der Waals surface area contributed by atoms with Crippen LogP contribution in [0.2, 0.25) is 0 Å². The van der Waals surface area contributed by atoms with Crippen LogP contribution in [0.3, 0.4) is 0 Å². The van der Waals surface area contributed by atoms with Gasteiger partial charge in [-0.15, -0.1) is 23.1 Å². The van der Waals surface area contributed by atoms with Crippen molar-refractivity contribution >= 4 is 65.9 Å². The Hall–Kier alpha value is -2.03. The molecule has 126 valence electrons. The van der Waals surface area contributed by atoms with Gasteiger partial charge in [-0.05, 0) is 43.3 Å². The van der Waals surface area contributed by atoms with Crippen LogP contribution in [0.15, 0.2) is 41.3 Å². The molecule has 0 bridgehead atoms. The fraction of sp³-hybridized carbons (Fsp3) is 0.118. The first-order valence-corrected chi connectivity index (χ1v) is 10.1. The van der Waals surface area contributed by atoms with Crippen LogP contribution < -0.4 is 5.32 Å². The zero-order chi connectivity index (χ0) is 17.4. The minimum Gasteiger partial charge on any atom is -0.301 e. The molecule has 0 radical (unpaired) electrons. The second kappa shape index (κ2) is 6.70. The van der Waals surface area contributed by atoms with Crippen molar-refractivity contribution in [1.29, 1.82) is 0 Å². The summed E-state index contributed by atoms with van der Waals surface area (Å²) in [6, 6.07) is 9.97. The summed E-state index contributed by atoms with van der Waals surface area (Å²) in [6.07, 6.45) is 0. The Morgan fingerprint density at radius 3 is 2.52 bits per heavy atom. The lowest BCUT2D eigenvalue weighted by Crippen LogP contribution is -2.13. The van der Waals surface area contributed by atoms with Gasteiger partial charge in [0.15, 0.2) is 5.13 Å². The summed E-state index contributed by atoms with van der Waals surface area (Å²) in [7, 11) is 0. The van der Waals surface area contributed by atoms with Crippen LogP contribution in [0.1, 0.15) is 5.01 Å². The van der Waals surface area contributed by atoms with E-state index in [0.717, 1.165) is 30.3 Å². The highest BCUT2D eigenvalue weighted by molar-refractivity contribution is 8.00. The maximum atomic E-state index is 12.9. The Kier molecular flexibility index (Phi) is 4.41. The fourth-order valence-electron chi connectivity index (χ4n) is 2.37. The monoisotopic (exact) mass is 389 g/mol. The molecule has 2 aromatic heterocycles. The van der Waals surface area contributed by atoms with Crippen molar-refractivity contribution < 1.29 is 9.18 Å². The number of carbonyl (C=O) groups is 1. The molecule has 4 nitrogen and oxygen atoms in total. The second-order valence-electron chi connectivity index (χ2n) is 5.30. The molecule has 0 aliphatic carbocycles. The van der Waals surface area contributed by atoms with Crippen LogP contribution in [0.5, 0.6) is 0 Å². The normalized spacial score (nSPS) is 11.3. The standard InChI is InChI=1S/C17H12FN3OS3/c1-9-19-12-6-7-13-16(15(12)24-9)25-17(20-13)21-14(22)8-23-11-4-2-10(18)3-5-11/h2-7H,8H2,1H3,(H,20,21,22). The quantitative estimate of drug-likeness (QED) is 0.494. The largest absolute Gasteiger partial charge is 0.301 e. The highest BCUT2D eigenvalue weighted by Gasteiger charge is 2.12. The Morgan fingerprint density at radius 2 is 1.76 bits per heavy atom. The van der Waals surface area contributed by atoms with E-state index in [4.69, 9.17) is 0 Å². The molecule has 0 fully saturated rings. The number of halogens is 1. The first kappa shape index (κ1) is 16.4. The number of thiazole rings is 2. The lowest BCUT2D eigenvalue weighted by atomic mass is 10.3. The van der Waals surface area contributed by atoms with E-state index in [9.17, 15) is 9.18 Å². The number of aryl methyl sites for hydroxylation is 1. The number of thioether (sulfide) groups is 1. The molecule has 0 aliphatic rings. The number of hydrogen-bond acceptors (Lipinski definition) is 6. The smallest absolute Gasteiger partial charge is 0.236 e. The number of nitrogens with one attached hydrogen (secondary N) is 1. The highest BCUT2D eigenvalue weighted by atomic mass is 32.2. The summed E-state index contributed by atoms with van der Waals surface area (Å²) < 4.78 is 15.0. The maximum Gasteiger partial charge on any atom is 0.236 e. The summed E-state index contributed by atoms with van der Waals surface area (Å²) in [5, 5.41) is 4.44. The Morgan fingerprint density at radius 1 is 1.08 bits per heavy atom. The zero-order valence-electron chi connectivity index (χ0n) is 13.1. The van der Waals surface area contributed by atoms with Gasteiger partial charge in [-0.1, -0.05) is 11.3 Å². The molecule has 2 aromatic carbocycles. The molecule has 4 rings (SSSR count). The molecule has 0 aliphatic heterocycles. The van der Waals surface area contributed by atoms with E-state index in [-0.39, 0.29) is 17.5 Å². The zero-order valence-corrected chi connectivity index (χ0v) is 15.5. The molecule has 25 heavy (non-hydrogen) atoms. The molecule has 0 atom stereocenters. The summed E-state index contributed by atoms with van der Waals surface area (Å²) in [6.45, 7) is 1.98. The van der Waals surface area contributed by atoms with Crippen molar-refractivity contribution in [3.8, 4) is 0 Å². The van der Waals surface area contributed by atoms with Crippen molar-refractivity contribution in [2.45, 2.75) is 11.8 Å². The molecule has 0 spiro atoms. The summed E-state index contributed by atoms with van der Waals surface area (Å²) in [5.41, 5.74) is 1.83. The topological polar surface area (TPSA) is 54.9 Å². The molecule has 1 N–H and O–H groups in total. The molecule has 4 aromatic rings. The molecular formula is C17H12FN3OS3. The van der Waals surface area contributed by atoms with Crippen molar-refractivity contribution in [2.75, 3.05) is 11.1 Å². The minimum atomic E-state index is -0.284. The molecule has 0 unspecified atom stereocenters. The van der Waals surface area contributed by atoms with Crippen molar-refractivity contribution in [2.24, 2.45) is 0 Å². The molecule has 1 amide bonds. The van der Waals surface area contributed by atoms with E-state index in [1.165, 1.54) is 35.2 Å². The Balaban J connectivity index is 1.49. The summed E-state index contributed by atoms with van der Waals surface area (Å²) >= 11 is 4.45. The predicted octanol–water partition coefficient (Wildman–Crippen LogP) is 5.08. The average Bonchev–Trinajstić information content (AvgIpc) is 3.16. The number of hydrogen-bond donors (Lipinski definition) is 1. The number of amides is 1. The number of nitrogens with zero attached hydrogens (tertiary/aromatic N) is 2. The van der Waals surface area contributed by atoms with Gasteiger partial charge in [-0.3, -0.25) is 4.79 Å². The van der Waals surface area contributed by atoms with E-state index in [1.54, 1.807) is 23.5 Å². The first-order valence-electron chi connectivity index (χ1n) is 7.43. The lowest BCUT2D eigenvalue weighted by molar-refractivity contribution is -0.113. The van der Waals surface area contributed by atoms with Gasteiger partial charge in [0.25, 0.3) is 0 Å². The maximum absolute atomic E-state index is 12.9. The van der Waals surface area contributed by atoms with E-state index in [2.05, 4.69) is 15.3 Å². The van der Waals surface area contributed by atoms with Crippen LogP contribution in [0, 0.1) is 12.7 Å². The van der Waals surface area contributed by atoms with Gasteiger partial charge in [0.05, 0.1) is 31.2 Å². The SMILES string of the molecule is Cc1nc2ccc3nc(NC(=O)CSc4ccc(F)cc4)sc3c2s1. The average molecular weight is 390 g/mol. The van der Waals surface area contributed by atoms with Gasteiger partial charge < -0.3 is 5.32 Å². The number of fused-ring (bicyclic) bond motifs is 3. The number of carbonyl (C=O) groups excluding carboxylic acids is 1. The van der Waals surface area contributed by atoms with E-state index in [1.807, 2.05) is 19.1 Å². The first-order chi connectivity index (χ1) is 12.1. The molecule has 0 saturated carbocycles. The molecule has 2 heterocycles. The number of anilines is 1. The van der Waals surface area contributed by atoms with Gasteiger partial charge in [-0.25, -0.2) is 14.4 Å². The van der Waals surface area contributed by atoms with Crippen molar-refractivity contribution in [1.82, 2.24) is 9.97 Å². The number of benzene rings is 2. The fourth-order valence-corrected chi connectivity index (χ4v) is 5.09. The van der Waals surface area contributed by atoms with Crippen LogP contribution in [0.25, 0.3) is 20.4 Å². The van der Waals surface area contributed by atoms with Crippen molar-refractivity contribution in [3.05, 3.63) is 47.2 Å². The molecule has 0 saturated heterocycles. The van der Waals surface area contributed by atoms with Gasteiger partial charge in [0, 0.05) is 4.90 Å². The van der Waals surface area contributed by atoms with Gasteiger partial charge >= 0.3 is 0 Å². The lowest BCUT2D eigenvalue weighted by Gasteiger charge is -2.02. The predicted molar refractivity (Wildman–Crippen MR) is 103 cm³/mol. The van der Waals surface area contributed by atoms with Crippen LogP contribution in [-0.2, 0) is 4.79 Å². The van der Waals surface area contributed by atoms with Crippen LogP contribution >= 0.6 is 34.4 Å². The Labute approximate surface area is 155 Å². The summed E-state index contributed by atoms with van der Waals surface area (Å²) in [5.74, 6) is -0.172. The number of aromatic nitrogens is 2.